The molecule has 0 aromatic rings. The molecule has 2 N–H and O–H groups in total. The molecule has 1 aliphatic heterocycles. The zero-order valence-corrected chi connectivity index (χ0v) is 7.36. The summed E-state index contributed by atoms with van der Waals surface area (Å²) in [6.07, 6.45) is 2.91. The SMILES string of the molecule is C[C@@H]1CCC[C@H](C(=O)O)N1.Cl. The van der Waals surface area contributed by atoms with Crippen molar-refractivity contribution < 1.29 is 9.90 Å². The third-order valence-corrected chi connectivity index (χ3v) is 1.91. The minimum atomic E-state index is -0.716. The van der Waals surface area contributed by atoms with Crippen molar-refractivity contribution in [2.45, 2.75) is 38.3 Å². The maximum absolute atomic E-state index is 10.4. The molecule has 3 nitrogen and oxygen atoms in total. The average molecular weight is 180 g/mol. The molecule has 1 fully saturated rings. The van der Waals surface area contributed by atoms with Crippen molar-refractivity contribution >= 4 is 18.4 Å². The Morgan fingerprint density at radius 1 is 1.55 bits per heavy atom. The standard InChI is InChI=1S/C7H13NO2.ClH/c1-5-3-2-4-6(8-5)7(9)10;/h5-6,8H,2-4H2,1H3,(H,9,10);1H/t5-,6-;/m1./s1. The van der Waals surface area contributed by atoms with Crippen LogP contribution in [0, 0.1) is 0 Å². The molecular formula is C7H14ClNO2. The lowest BCUT2D eigenvalue weighted by molar-refractivity contribution is -0.140. The summed E-state index contributed by atoms with van der Waals surface area (Å²) in [5, 5.41) is 11.6. The Balaban J connectivity index is 0.000001000. The summed E-state index contributed by atoms with van der Waals surface area (Å²) in [7, 11) is 0. The Morgan fingerprint density at radius 3 is 2.55 bits per heavy atom. The Morgan fingerprint density at radius 2 is 2.18 bits per heavy atom. The van der Waals surface area contributed by atoms with Crippen LogP contribution in [-0.2, 0) is 4.79 Å². The van der Waals surface area contributed by atoms with Gasteiger partial charge in [-0.2, -0.15) is 0 Å². The van der Waals surface area contributed by atoms with Gasteiger partial charge in [0.05, 0.1) is 0 Å². The van der Waals surface area contributed by atoms with Gasteiger partial charge in [0.1, 0.15) is 6.04 Å². The van der Waals surface area contributed by atoms with E-state index in [1.165, 1.54) is 0 Å². The van der Waals surface area contributed by atoms with Gasteiger partial charge in [-0.3, -0.25) is 4.79 Å². The Kier molecular flexibility index (Phi) is 4.45. The lowest BCUT2D eigenvalue weighted by Crippen LogP contribution is -2.45. The second-order valence-corrected chi connectivity index (χ2v) is 2.89. The van der Waals surface area contributed by atoms with Crippen LogP contribution in [0.2, 0.25) is 0 Å². The molecule has 2 atom stereocenters. The highest BCUT2D eigenvalue weighted by atomic mass is 35.5. The minimum absolute atomic E-state index is 0. The highest BCUT2D eigenvalue weighted by Gasteiger charge is 2.22. The molecule has 0 aromatic heterocycles. The largest absolute Gasteiger partial charge is 0.480 e. The highest BCUT2D eigenvalue weighted by Crippen LogP contribution is 2.11. The van der Waals surface area contributed by atoms with Crippen LogP contribution < -0.4 is 5.32 Å². The summed E-state index contributed by atoms with van der Waals surface area (Å²) in [4.78, 5) is 10.4. The van der Waals surface area contributed by atoms with Gasteiger partial charge < -0.3 is 10.4 Å². The summed E-state index contributed by atoms with van der Waals surface area (Å²) in [6, 6.07) is 0.0681. The van der Waals surface area contributed by atoms with E-state index in [-0.39, 0.29) is 18.4 Å². The Labute approximate surface area is 72.6 Å². The molecule has 0 radical (unpaired) electrons. The minimum Gasteiger partial charge on any atom is -0.480 e. The molecule has 0 spiro atoms. The summed E-state index contributed by atoms with van der Waals surface area (Å²) >= 11 is 0. The highest BCUT2D eigenvalue weighted by molar-refractivity contribution is 5.85. The molecule has 4 heteroatoms. The van der Waals surface area contributed by atoms with Gasteiger partial charge in [0.15, 0.2) is 0 Å². The van der Waals surface area contributed by atoms with Crippen molar-refractivity contribution in [2.75, 3.05) is 0 Å². The normalized spacial score (nSPS) is 30.6. The molecule has 1 heterocycles. The first-order valence-corrected chi connectivity index (χ1v) is 3.69. The van der Waals surface area contributed by atoms with E-state index < -0.39 is 5.97 Å². The van der Waals surface area contributed by atoms with Crippen LogP contribution in [-0.4, -0.2) is 23.2 Å². The number of carboxylic acids is 1. The van der Waals surface area contributed by atoms with Crippen LogP contribution in [0.3, 0.4) is 0 Å². The van der Waals surface area contributed by atoms with Crippen molar-refractivity contribution in [3.05, 3.63) is 0 Å². The van der Waals surface area contributed by atoms with Gasteiger partial charge in [0.25, 0.3) is 0 Å². The third-order valence-electron chi connectivity index (χ3n) is 1.91. The van der Waals surface area contributed by atoms with Gasteiger partial charge in [-0.1, -0.05) is 0 Å². The van der Waals surface area contributed by atoms with Crippen LogP contribution in [0.15, 0.2) is 0 Å². The summed E-state index contributed by atoms with van der Waals surface area (Å²) < 4.78 is 0. The number of carboxylic acid groups (broad SMARTS) is 1. The van der Waals surface area contributed by atoms with Gasteiger partial charge in [0.2, 0.25) is 0 Å². The Bertz CT molecular complexity index is 140. The number of nitrogens with one attached hydrogen (secondary N) is 1. The number of carbonyl (C=O) groups is 1. The van der Waals surface area contributed by atoms with Crippen molar-refractivity contribution in [2.24, 2.45) is 0 Å². The monoisotopic (exact) mass is 179 g/mol. The molecule has 0 saturated carbocycles. The molecule has 11 heavy (non-hydrogen) atoms. The summed E-state index contributed by atoms with van der Waals surface area (Å²) in [5.74, 6) is -0.716. The van der Waals surface area contributed by atoms with Crippen LogP contribution in [0.25, 0.3) is 0 Å². The third kappa shape index (κ3) is 3.08. The predicted octanol–water partition coefficient (Wildman–Crippen LogP) is 1.02. The molecule has 0 bridgehead atoms. The summed E-state index contributed by atoms with van der Waals surface area (Å²) in [6.45, 7) is 2.02. The average Bonchev–Trinajstić information content (AvgIpc) is 1.88. The second-order valence-electron chi connectivity index (χ2n) is 2.89. The molecule has 0 aliphatic carbocycles. The number of hydrogen-bond acceptors (Lipinski definition) is 2. The van der Waals surface area contributed by atoms with E-state index in [1.54, 1.807) is 0 Å². The molecule has 1 rings (SSSR count). The summed E-state index contributed by atoms with van der Waals surface area (Å²) in [5.41, 5.74) is 0. The number of aliphatic carboxylic acids is 1. The fraction of sp³-hybridized carbons (Fsp3) is 0.857. The van der Waals surface area contributed by atoms with Crippen molar-refractivity contribution in [3.63, 3.8) is 0 Å². The quantitative estimate of drug-likeness (QED) is 0.632. The maximum atomic E-state index is 10.4. The Hall–Kier alpha value is -0.280. The van der Waals surface area contributed by atoms with Crippen LogP contribution in [0.4, 0.5) is 0 Å². The van der Waals surface area contributed by atoms with E-state index in [2.05, 4.69) is 5.32 Å². The van der Waals surface area contributed by atoms with Crippen LogP contribution in [0.5, 0.6) is 0 Å². The van der Waals surface area contributed by atoms with Gasteiger partial charge in [-0.15, -0.1) is 12.4 Å². The lowest BCUT2D eigenvalue weighted by atomic mass is 10.00. The van der Waals surface area contributed by atoms with E-state index in [4.69, 9.17) is 5.11 Å². The molecular weight excluding hydrogens is 166 g/mol. The first kappa shape index (κ1) is 10.7. The molecule has 0 amide bonds. The van der Waals surface area contributed by atoms with E-state index in [0.29, 0.717) is 6.04 Å². The van der Waals surface area contributed by atoms with Gasteiger partial charge in [-0.25, -0.2) is 0 Å². The van der Waals surface area contributed by atoms with Gasteiger partial charge in [-0.05, 0) is 26.2 Å². The fourth-order valence-corrected chi connectivity index (χ4v) is 1.33. The zero-order chi connectivity index (χ0) is 7.56. The maximum Gasteiger partial charge on any atom is 0.320 e. The number of halogens is 1. The zero-order valence-electron chi connectivity index (χ0n) is 6.54. The van der Waals surface area contributed by atoms with Crippen molar-refractivity contribution in [1.82, 2.24) is 5.32 Å². The first-order valence-electron chi connectivity index (χ1n) is 3.69. The smallest absolute Gasteiger partial charge is 0.320 e. The lowest BCUT2D eigenvalue weighted by Gasteiger charge is -2.25. The number of hydrogen-bond donors (Lipinski definition) is 2. The first-order chi connectivity index (χ1) is 4.70. The molecule has 1 saturated heterocycles. The predicted molar refractivity (Wildman–Crippen MR) is 45.1 cm³/mol. The molecule has 0 unspecified atom stereocenters. The van der Waals surface area contributed by atoms with Crippen molar-refractivity contribution in [3.8, 4) is 0 Å². The second kappa shape index (κ2) is 4.57. The van der Waals surface area contributed by atoms with Gasteiger partial charge in [0, 0.05) is 6.04 Å². The van der Waals surface area contributed by atoms with E-state index >= 15 is 0 Å². The number of piperidine rings is 1. The van der Waals surface area contributed by atoms with Crippen LogP contribution >= 0.6 is 12.4 Å². The van der Waals surface area contributed by atoms with Crippen LogP contribution in [0.1, 0.15) is 26.2 Å². The number of rotatable bonds is 1. The molecule has 1 aliphatic rings. The van der Waals surface area contributed by atoms with E-state index in [9.17, 15) is 4.79 Å². The van der Waals surface area contributed by atoms with Gasteiger partial charge >= 0.3 is 5.97 Å². The van der Waals surface area contributed by atoms with E-state index in [1.807, 2.05) is 6.92 Å². The molecule has 0 aromatic carbocycles. The fourth-order valence-electron chi connectivity index (χ4n) is 1.33. The van der Waals surface area contributed by atoms with E-state index in [0.717, 1.165) is 19.3 Å². The topological polar surface area (TPSA) is 49.3 Å². The van der Waals surface area contributed by atoms with Crippen molar-refractivity contribution in [1.29, 1.82) is 0 Å². The molecule has 66 valence electrons.